The Kier molecular flexibility index (Phi) is 10.7. The third kappa shape index (κ3) is 7.29. The van der Waals surface area contributed by atoms with Crippen LogP contribution in [0, 0.1) is 0 Å². The summed E-state index contributed by atoms with van der Waals surface area (Å²) in [6, 6.07) is 8.51. The van der Waals surface area contributed by atoms with Gasteiger partial charge in [-0.05, 0) is 37.1 Å². The number of benzene rings is 1. The summed E-state index contributed by atoms with van der Waals surface area (Å²) in [6.07, 6.45) is 2.48. The summed E-state index contributed by atoms with van der Waals surface area (Å²) >= 11 is 6.07. The highest BCUT2D eigenvalue weighted by atomic mass is 127. The minimum atomic E-state index is 0. The number of guanidine groups is 1. The fourth-order valence-corrected chi connectivity index (χ4v) is 3.42. The van der Waals surface area contributed by atoms with Crippen LogP contribution in [0.5, 0.6) is 0 Å². The zero-order valence-electron chi connectivity index (χ0n) is 15.4. The normalized spacial score (nSPS) is 18.1. The molecule has 0 bridgehead atoms. The molecule has 1 fully saturated rings. The van der Waals surface area contributed by atoms with E-state index in [-0.39, 0.29) is 24.0 Å². The molecule has 1 unspecified atom stereocenters. The Morgan fingerprint density at radius 2 is 2.28 bits per heavy atom. The maximum Gasteiger partial charge on any atom is 0.193 e. The summed E-state index contributed by atoms with van der Waals surface area (Å²) in [6.45, 7) is 4.64. The van der Waals surface area contributed by atoms with Crippen LogP contribution in [0.2, 0.25) is 5.02 Å². The first-order valence-corrected chi connectivity index (χ1v) is 8.91. The van der Waals surface area contributed by atoms with Crippen molar-refractivity contribution in [1.29, 1.82) is 0 Å². The second-order valence-electron chi connectivity index (χ2n) is 6.24. The molecular weight excluding hydrogens is 451 g/mol. The van der Waals surface area contributed by atoms with Gasteiger partial charge in [-0.15, -0.1) is 24.0 Å². The lowest BCUT2D eigenvalue weighted by Gasteiger charge is -2.27. The Balaban J connectivity index is 0.00000312. The zero-order valence-corrected chi connectivity index (χ0v) is 18.5. The molecular formula is C18H30ClIN4O. The van der Waals surface area contributed by atoms with E-state index >= 15 is 0 Å². The average Bonchev–Trinajstić information content (AvgIpc) is 3.01. The summed E-state index contributed by atoms with van der Waals surface area (Å²) in [5, 5.41) is 4.28. The summed E-state index contributed by atoms with van der Waals surface area (Å²) in [5.41, 5.74) is 1.18. The molecule has 0 aromatic heterocycles. The highest BCUT2D eigenvalue weighted by molar-refractivity contribution is 14.0. The number of hydrogen-bond donors (Lipinski definition) is 1. The van der Waals surface area contributed by atoms with E-state index in [2.05, 4.69) is 26.2 Å². The van der Waals surface area contributed by atoms with Crippen molar-refractivity contribution >= 4 is 41.5 Å². The van der Waals surface area contributed by atoms with Gasteiger partial charge in [-0.25, -0.2) is 0 Å². The number of rotatable bonds is 7. The summed E-state index contributed by atoms with van der Waals surface area (Å²) in [4.78, 5) is 9.04. The number of nitrogens with zero attached hydrogens (tertiary/aromatic N) is 3. The maximum atomic E-state index is 6.07. The van der Waals surface area contributed by atoms with Crippen molar-refractivity contribution in [2.45, 2.75) is 25.4 Å². The molecule has 1 N–H and O–H groups in total. The van der Waals surface area contributed by atoms with Crippen LogP contribution in [0.25, 0.3) is 0 Å². The van der Waals surface area contributed by atoms with Gasteiger partial charge in [0.25, 0.3) is 0 Å². The molecule has 1 aliphatic rings. The first-order valence-electron chi connectivity index (χ1n) is 8.53. The lowest BCUT2D eigenvalue weighted by atomic mass is 10.2. The van der Waals surface area contributed by atoms with Crippen molar-refractivity contribution in [1.82, 2.24) is 15.1 Å². The van der Waals surface area contributed by atoms with E-state index in [0.29, 0.717) is 6.04 Å². The van der Waals surface area contributed by atoms with E-state index in [9.17, 15) is 0 Å². The second kappa shape index (κ2) is 11.9. The molecule has 1 heterocycles. The number of methoxy groups -OCH3 is 1. The van der Waals surface area contributed by atoms with Gasteiger partial charge >= 0.3 is 0 Å². The second-order valence-corrected chi connectivity index (χ2v) is 6.68. The lowest BCUT2D eigenvalue weighted by Crippen LogP contribution is -2.45. The van der Waals surface area contributed by atoms with Crippen LogP contribution in [-0.4, -0.2) is 69.2 Å². The number of aliphatic imine (C=N–C) groups is 1. The van der Waals surface area contributed by atoms with Gasteiger partial charge in [-0.2, -0.15) is 0 Å². The van der Waals surface area contributed by atoms with E-state index in [0.717, 1.165) is 43.8 Å². The predicted octanol–water partition coefficient (Wildman–Crippen LogP) is 3.08. The van der Waals surface area contributed by atoms with Crippen molar-refractivity contribution in [3.05, 3.63) is 34.9 Å². The van der Waals surface area contributed by atoms with Crippen LogP contribution in [0.3, 0.4) is 0 Å². The summed E-state index contributed by atoms with van der Waals surface area (Å²) in [7, 11) is 5.64. The molecule has 0 saturated carbocycles. The SMILES string of the molecule is CN=C(NCC1CCCN1CCOC)N(C)Cc1cccc(Cl)c1.I. The van der Waals surface area contributed by atoms with Crippen molar-refractivity contribution in [2.75, 3.05) is 47.4 Å². The van der Waals surface area contributed by atoms with Crippen molar-refractivity contribution in [3.8, 4) is 0 Å². The standard InChI is InChI=1S/C18H29ClN4O.HI/c1-20-18(22(2)14-15-6-4-7-16(19)12-15)21-13-17-8-5-9-23(17)10-11-24-3;/h4,6-7,12,17H,5,8-11,13-14H2,1-3H3,(H,20,21);1H. The highest BCUT2D eigenvalue weighted by Crippen LogP contribution is 2.16. The zero-order chi connectivity index (χ0) is 17.4. The van der Waals surface area contributed by atoms with Crippen LogP contribution >= 0.6 is 35.6 Å². The number of hydrogen-bond acceptors (Lipinski definition) is 3. The fraction of sp³-hybridized carbons (Fsp3) is 0.611. The first-order chi connectivity index (χ1) is 11.6. The van der Waals surface area contributed by atoms with Gasteiger partial charge in [0.2, 0.25) is 0 Å². The van der Waals surface area contributed by atoms with Crippen molar-refractivity contribution in [3.63, 3.8) is 0 Å². The Hall–Kier alpha value is -0.570. The van der Waals surface area contributed by atoms with Gasteiger partial charge in [0, 0.05) is 51.9 Å². The molecule has 1 atom stereocenters. The van der Waals surface area contributed by atoms with E-state index in [4.69, 9.17) is 16.3 Å². The van der Waals surface area contributed by atoms with Crippen LogP contribution in [0.15, 0.2) is 29.3 Å². The average molecular weight is 481 g/mol. The van der Waals surface area contributed by atoms with Gasteiger partial charge in [-0.3, -0.25) is 9.89 Å². The number of halogens is 2. The van der Waals surface area contributed by atoms with E-state index in [1.807, 2.05) is 32.3 Å². The third-order valence-electron chi connectivity index (χ3n) is 4.46. The van der Waals surface area contributed by atoms with Gasteiger partial charge in [0.05, 0.1) is 6.61 Å². The summed E-state index contributed by atoms with van der Waals surface area (Å²) < 4.78 is 5.21. The molecule has 1 aromatic carbocycles. The molecule has 1 aliphatic heterocycles. The van der Waals surface area contributed by atoms with Crippen molar-refractivity contribution in [2.24, 2.45) is 4.99 Å². The Morgan fingerprint density at radius 1 is 1.48 bits per heavy atom. The number of nitrogens with one attached hydrogen (secondary N) is 1. The molecule has 0 aliphatic carbocycles. The Labute approximate surface area is 173 Å². The predicted molar refractivity (Wildman–Crippen MR) is 116 cm³/mol. The van der Waals surface area contributed by atoms with Gasteiger partial charge in [-0.1, -0.05) is 23.7 Å². The highest BCUT2D eigenvalue weighted by Gasteiger charge is 2.24. The first kappa shape index (κ1) is 22.5. The van der Waals surface area contributed by atoms with Crippen molar-refractivity contribution < 1.29 is 4.74 Å². The van der Waals surface area contributed by atoms with E-state index in [1.54, 1.807) is 7.11 Å². The molecule has 142 valence electrons. The number of ether oxygens (including phenoxy) is 1. The topological polar surface area (TPSA) is 40.1 Å². The third-order valence-corrected chi connectivity index (χ3v) is 4.69. The smallest absolute Gasteiger partial charge is 0.193 e. The molecule has 25 heavy (non-hydrogen) atoms. The Bertz CT molecular complexity index is 544. The fourth-order valence-electron chi connectivity index (χ4n) is 3.21. The molecule has 1 aromatic rings. The summed E-state index contributed by atoms with van der Waals surface area (Å²) in [5.74, 6) is 0.911. The molecule has 0 amide bonds. The quantitative estimate of drug-likeness (QED) is 0.370. The van der Waals surface area contributed by atoms with Crippen LogP contribution in [-0.2, 0) is 11.3 Å². The lowest BCUT2D eigenvalue weighted by molar-refractivity contribution is 0.141. The molecule has 5 nitrogen and oxygen atoms in total. The maximum absolute atomic E-state index is 6.07. The van der Waals surface area contributed by atoms with Gasteiger partial charge < -0.3 is 15.0 Å². The minimum Gasteiger partial charge on any atom is -0.383 e. The molecule has 0 radical (unpaired) electrons. The van der Waals surface area contributed by atoms with Crippen LogP contribution in [0.1, 0.15) is 18.4 Å². The minimum absolute atomic E-state index is 0. The molecule has 0 spiro atoms. The molecule has 1 saturated heterocycles. The van der Waals surface area contributed by atoms with E-state index < -0.39 is 0 Å². The van der Waals surface area contributed by atoms with Crippen LogP contribution in [0.4, 0.5) is 0 Å². The monoisotopic (exact) mass is 480 g/mol. The Morgan fingerprint density at radius 3 is 2.96 bits per heavy atom. The van der Waals surface area contributed by atoms with Gasteiger partial charge in [0.1, 0.15) is 0 Å². The van der Waals surface area contributed by atoms with Crippen LogP contribution < -0.4 is 5.32 Å². The molecule has 7 heteroatoms. The largest absolute Gasteiger partial charge is 0.383 e. The van der Waals surface area contributed by atoms with Gasteiger partial charge in [0.15, 0.2) is 5.96 Å². The van der Waals surface area contributed by atoms with E-state index in [1.165, 1.54) is 18.4 Å². The molecule has 2 rings (SSSR count). The number of likely N-dealkylation sites (tertiary alicyclic amines) is 1.